The molecule has 5 aromatic rings. The maximum atomic E-state index is 13.2. The van der Waals surface area contributed by atoms with Crippen LogP contribution in [-0.2, 0) is 9.53 Å². The van der Waals surface area contributed by atoms with Crippen LogP contribution in [0.1, 0.15) is 17.3 Å². The molecule has 162 valence electrons. The highest BCUT2D eigenvalue weighted by Crippen LogP contribution is 2.29. The molecule has 1 N–H and O–H groups in total. The number of nitrogens with zero attached hydrogens (tertiary/aromatic N) is 1. The number of fused-ring (bicyclic) bond motifs is 2. The average Bonchev–Trinajstić information content (AvgIpc) is 3.31. The molecule has 1 atom stereocenters. The number of hydrogen-bond acceptors (Lipinski definition) is 5. The highest BCUT2D eigenvalue weighted by Gasteiger charge is 2.23. The van der Waals surface area contributed by atoms with Crippen molar-refractivity contribution in [1.29, 1.82) is 0 Å². The number of esters is 1. The Labute approximate surface area is 194 Å². The number of anilines is 1. The summed E-state index contributed by atoms with van der Waals surface area (Å²) in [6.07, 6.45) is -0.987. The lowest BCUT2D eigenvalue weighted by Gasteiger charge is -2.15. The number of hydrogen-bond donors (Lipinski definition) is 1. The van der Waals surface area contributed by atoms with Crippen LogP contribution in [0.2, 0.25) is 0 Å². The number of nitrogens with one attached hydrogen (secondary N) is 1. The molecule has 5 rings (SSSR count). The minimum absolute atomic E-state index is 0.429. The quantitative estimate of drug-likeness (QED) is 0.251. The van der Waals surface area contributed by atoms with E-state index in [4.69, 9.17) is 4.74 Å². The molecule has 0 radical (unpaired) electrons. The molecular formula is C27H20N2O3S. The Kier molecular flexibility index (Phi) is 5.59. The van der Waals surface area contributed by atoms with Gasteiger partial charge in [0.05, 0.1) is 11.3 Å². The zero-order valence-electron chi connectivity index (χ0n) is 17.8. The van der Waals surface area contributed by atoms with Crippen LogP contribution in [0.15, 0.2) is 90.3 Å². The van der Waals surface area contributed by atoms with Gasteiger partial charge in [0, 0.05) is 10.9 Å². The molecule has 0 spiro atoms. The fourth-order valence-electron chi connectivity index (χ4n) is 3.79. The largest absolute Gasteiger partial charge is 0.449 e. The van der Waals surface area contributed by atoms with Gasteiger partial charge in [-0.1, -0.05) is 78.9 Å². The van der Waals surface area contributed by atoms with E-state index >= 15 is 0 Å². The van der Waals surface area contributed by atoms with E-state index in [1.54, 1.807) is 6.92 Å². The molecule has 1 amide bonds. The lowest BCUT2D eigenvalue weighted by Crippen LogP contribution is -2.30. The smallest absolute Gasteiger partial charge is 0.340 e. The molecule has 0 fully saturated rings. The number of carbonyl (C=O) groups is 2. The lowest BCUT2D eigenvalue weighted by molar-refractivity contribution is -0.123. The minimum atomic E-state index is -0.987. The van der Waals surface area contributed by atoms with Crippen LogP contribution in [0.4, 0.5) is 5.13 Å². The fraction of sp³-hybridized carbons (Fsp3) is 0.0741. The van der Waals surface area contributed by atoms with E-state index in [1.165, 1.54) is 11.3 Å². The van der Waals surface area contributed by atoms with Gasteiger partial charge in [0.2, 0.25) is 0 Å². The molecule has 1 aromatic heterocycles. The second kappa shape index (κ2) is 8.84. The van der Waals surface area contributed by atoms with Crippen LogP contribution in [0, 0.1) is 0 Å². The molecule has 0 saturated carbocycles. The minimum Gasteiger partial charge on any atom is -0.449 e. The number of amides is 1. The molecular weight excluding hydrogens is 432 g/mol. The molecule has 0 aliphatic rings. The number of benzene rings is 4. The van der Waals surface area contributed by atoms with Crippen LogP contribution in [0.25, 0.3) is 32.8 Å². The van der Waals surface area contributed by atoms with Gasteiger partial charge in [0.15, 0.2) is 11.2 Å². The van der Waals surface area contributed by atoms with Crippen molar-refractivity contribution < 1.29 is 14.3 Å². The molecule has 5 nitrogen and oxygen atoms in total. The number of rotatable bonds is 5. The van der Waals surface area contributed by atoms with Crippen LogP contribution >= 0.6 is 11.3 Å². The van der Waals surface area contributed by atoms with Crippen molar-refractivity contribution in [2.45, 2.75) is 13.0 Å². The predicted molar refractivity (Wildman–Crippen MR) is 133 cm³/mol. The van der Waals surface area contributed by atoms with Crippen molar-refractivity contribution in [3.8, 4) is 11.3 Å². The SMILES string of the molecule is CC(OC(=O)c1c2ccccc2cc2ccccc12)C(=O)Nc1nc(-c2ccccc2)cs1. The summed E-state index contributed by atoms with van der Waals surface area (Å²) in [4.78, 5) is 30.4. The Hall–Kier alpha value is -4.03. The third kappa shape index (κ3) is 4.21. The first-order chi connectivity index (χ1) is 16.1. The maximum Gasteiger partial charge on any atom is 0.340 e. The lowest BCUT2D eigenvalue weighted by atomic mass is 9.97. The number of thiazole rings is 1. The van der Waals surface area contributed by atoms with Crippen LogP contribution in [0.5, 0.6) is 0 Å². The maximum absolute atomic E-state index is 13.2. The van der Waals surface area contributed by atoms with Crippen LogP contribution < -0.4 is 5.32 Å². The Bertz CT molecular complexity index is 1420. The molecule has 6 heteroatoms. The van der Waals surface area contributed by atoms with Crippen molar-refractivity contribution in [3.63, 3.8) is 0 Å². The Morgan fingerprint density at radius 3 is 2.15 bits per heavy atom. The van der Waals surface area contributed by atoms with Crippen molar-refractivity contribution in [2.24, 2.45) is 0 Å². The van der Waals surface area contributed by atoms with Crippen molar-refractivity contribution in [3.05, 3.63) is 95.9 Å². The zero-order chi connectivity index (χ0) is 22.8. The highest BCUT2D eigenvalue weighted by atomic mass is 32.1. The molecule has 0 saturated heterocycles. The van der Waals surface area contributed by atoms with E-state index in [1.807, 2.05) is 90.3 Å². The first kappa shape index (κ1) is 20.8. The van der Waals surface area contributed by atoms with Gasteiger partial charge < -0.3 is 4.74 Å². The predicted octanol–water partition coefficient (Wildman–Crippen LogP) is 6.30. The molecule has 0 aliphatic carbocycles. The van der Waals surface area contributed by atoms with Crippen LogP contribution in [-0.4, -0.2) is 23.0 Å². The van der Waals surface area contributed by atoms with Crippen molar-refractivity contribution >= 4 is 49.9 Å². The summed E-state index contributed by atoms with van der Waals surface area (Å²) < 4.78 is 5.60. The normalized spacial score (nSPS) is 11.9. The first-order valence-electron chi connectivity index (χ1n) is 10.5. The third-order valence-corrected chi connectivity index (χ3v) is 6.19. The van der Waals surface area contributed by atoms with Gasteiger partial charge in [-0.3, -0.25) is 10.1 Å². The van der Waals surface area contributed by atoms with Gasteiger partial charge in [-0.2, -0.15) is 0 Å². The monoisotopic (exact) mass is 452 g/mol. The van der Waals surface area contributed by atoms with Gasteiger partial charge in [-0.15, -0.1) is 11.3 Å². The van der Waals surface area contributed by atoms with Crippen molar-refractivity contribution in [1.82, 2.24) is 4.98 Å². The molecule has 1 heterocycles. The summed E-state index contributed by atoms with van der Waals surface area (Å²) in [5, 5.41) is 8.56. The van der Waals surface area contributed by atoms with E-state index < -0.39 is 18.0 Å². The third-order valence-electron chi connectivity index (χ3n) is 5.43. The van der Waals surface area contributed by atoms with Gasteiger partial charge in [-0.05, 0) is 34.5 Å². The van der Waals surface area contributed by atoms with E-state index in [9.17, 15) is 9.59 Å². The first-order valence-corrected chi connectivity index (χ1v) is 11.4. The Morgan fingerprint density at radius 2 is 1.48 bits per heavy atom. The molecule has 33 heavy (non-hydrogen) atoms. The summed E-state index contributed by atoms with van der Waals surface area (Å²) in [6, 6.07) is 27.1. The molecule has 0 aliphatic heterocycles. The van der Waals surface area contributed by atoms with Crippen LogP contribution in [0.3, 0.4) is 0 Å². The number of carbonyl (C=O) groups excluding carboxylic acids is 2. The standard InChI is InChI=1S/C27H20N2O3S/c1-17(25(30)29-27-28-23(16-33-27)18-9-3-2-4-10-18)32-26(31)24-21-13-7-5-11-19(21)15-20-12-6-8-14-22(20)24/h2-17H,1H3,(H,28,29,30). The second-order valence-corrected chi connectivity index (χ2v) is 8.49. The van der Waals surface area contributed by atoms with Gasteiger partial charge in [-0.25, -0.2) is 9.78 Å². The van der Waals surface area contributed by atoms with E-state index in [2.05, 4.69) is 10.3 Å². The summed E-state index contributed by atoms with van der Waals surface area (Å²) in [5.41, 5.74) is 2.21. The molecule has 1 unspecified atom stereocenters. The van der Waals surface area contributed by atoms with Crippen molar-refractivity contribution in [2.75, 3.05) is 5.32 Å². The van der Waals surface area contributed by atoms with E-state index in [0.717, 1.165) is 32.8 Å². The van der Waals surface area contributed by atoms with E-state index in [0.29, 0.717) is 10.7 Å². The fourth-order valence-corrected chi connectivity index (χ4v) is 4.51. The summed E-state index contributed by atoms with van der Waals surface area (Å²) in [6.45, 7) is 1.56. The molecule has 0 bridgehead atoms. The number of ether oxygens (including phenoxy) is 1. The average molecular weight is 453 g/mol. The van der Waals surface area contributed by atoms with Gasteiger partial charge in [0.25, 0.3) is 5.91 Å². The van der Waals surface area contributed by atoms with Gasteiger partial charge in [0.1, 0.15) is 0 Å². The summed E-state index contributed by atoms with van der Waals surface area (Å²) in [5.74, 6) is -0.961. The Balaban J connectivity index is 1.36. The van der Waals surface area contributed by atoms with E-state index in [-0.39, 0.29) is 0 Å². The highest BCUT2D eigenvalue weighted by molar-refractivity contribution is 7.14. The topological polar surface area (TPSA) is 68.3 Å². The summed E-state index contributed by atoms with van der Waals surface area (Å²) in [7, 11) is 0. The molecule has 4 aromatic carbocycles. The Morgan fingerprint density at radius 1 is 0.879 bits per heavy atom. The number of aromatic nitrogens is 1. The zero-order valence-corrected chi connectivity index (χ0v) is 18.6. The van der Waals surface area contributed by atoms with Gasteiger partial charge >= 0.3 is 5.97 Å². The second-order valence-electron chi connectivity index (χ2n) is 7.63. The summed E-state index contributed by atoms with van der Waals surface area (Å²) >= 11 is 1.33.